The molecule has 3 heterocycles. The fourth-order valence-corrected chi connectivity index (χ4v) is 5.25. The molecule has 0 unspecified atom stereocenters. The molecule has 2 aromatic heterocycles. The van der Waals surface area contributed by atoms with Crippen molar-refractivity contribution in [1.82, 2.24) is 18.6 Å². The second-order valence-corrected chi connectivity index (χ2v) is 8.96. The van der Waals surface area contributed by atoms with Crippen molar-refractivity contribution in [3.63, 3.8) is 0 Å². The van der Waals surface area contributed by atoms with Gasteiger partial charge in [-0.25, -0.2) is 18.4 Å². The van der Waals surface area contributed by atoms with E-state index in [0.29, 0.717) is 18.1 Å². The highest BCUT2D eigenvalue weighted by molar-refractivity contribution is 8.00. The molecule has 0 amide bonds. The van der Waals surface area contributed by atoms with Crippen molar-refractivity contribution >= 4 is 33.3 Å². The van der Waals surface area contributed by atoms with Crippen molar-refractivity contribution in [3.8, 4) is 0 Å². The first kappa shape index (κ1) is 15.9. The van der Waals surface area contributed by atoms with E-state index in [1.807, 2.05) is 6.92 Å². The van der Waals surface area contributed by atoms with Crippen molar-refractivity contribution in [2.75, 3.05) is 13.1 Å². The van der Waals surface area contributed by atoms with Crippen molar-refractivity contribution in [2.45, 2.75) is 40.4 Å². The summed E-state index contributed by atoms with van der Waals surface area (Å²) in [7, 11) is -3.41. The van der Waals surface area contributed by atoms with Gasteiger partial charge in [-0.2, -0.15) is 8.68 Å². The van der Waals surface area contributed by atoms with Gasteiger partial charge in [0.1, 0.15) is 15.7 Å². The Kier molecular flexibility index (Phi) is 4.76. The Hall–Kier alpha value is -1.03. The van der Waals surface area contributed by atoms with Crippen molar-refractivity contribution in [1.29, 1.82) is 0 Å². The van der Waals surface area contributed by atoms with Crippen LogP contribution in [0.4, 0.5) is 0 Å². The van der Waals surface area contributed by atoms with Gasteiger partial charge in [-0.15, -0.1) is 0 Å². The lowest BCUT2D eigenvalue weighted by atomic mass is 10.2. The molecule has 0 radical (unpaired) electrons. The van der Waals surface area contributed by atoms with Crippen LogP contribution < -0.4 is 0 Å². The molecule has 0 aromatic carbocycles. The maximum absolute atomic E-state index is 12.5. The fourth-order valence-electron chi connectivity index (χ4n) is 2.24. The first-order valence-corrected chi connectivity index (χ1v) is 10.0. The van der Waals surface area contributed by atoms with Crippen LogP contribution in [0.15, 0.2) is 32.6 Å². The van der Waals surface area contributed by atoms with Crippen LogP contribution in [-0.4, -0.2) is 40.2 Å². The Balaban J connectivity index is 1.75. The van der Waals surface area contributed by atoms with Gasteiger partial charge in [-0.1, -0.05) is 6.42 Å². The van der Waals surface area contributed by atoms with Crippen molar-refractivity contribution in [3.05, 3.63) is 24.2 Å². The lowest BCUT2D eigenvalue weighted by Gasteiger charge is -2.25. The van der Waals surface area contributed by atoms with Crippen LogP contribution in [-0.2, 0) is 10.0 Å². The Bertz CT molecular complexity index is 737. The number of pyridine rings is 1. The standard InChI is InChI=1S/C13H16N4O2S3/c1-10-15-13(21-16-10)20-12-6-5-11(9-14-12)22(18,19)17-7-3-2-4-8-17/h5-6,9H,2-4,7-8H2,1H3. The topological polar surface area (TPSA) is 76.1 Å². The summed E-state index contributed by atoms with van der Waals surface area (Å²) >= 11 is 2.70. The first-order chi connectivity index (χ1) is 10.6. The third-order valence-corrected chi connectivity index (χ3v) is 7.04. The van der Waals surface area contributed by atoms with Crippen LogP contribution in [0.1, 0.15) is 25.1 Å². The Morgan fingerprint density at radius 1 is 1.23 bits per heavy atom. The Morgan fingerprint density at radius 2 is 2.00 bits per heavy atom. The Morgan fingerprint density at radius 3 is 2.59 bits per heavy atom. The zero-order valence-electron chi connectivity index (χ0n) is 12.1. The van der Waals surface area contributed by atoms with Gasteiger partial charge in [0, 0.05) is 19.3 Å². The van der Waals surface area contributed by atoms with Crippen LogP contribution in [0, 0.1) is 6.92 Å². The SMILES string of the molecule is Cc1nsc(Sc2ccc(S(=O)(=O)N3CCCCC3)cn2)n1. The summed E-state index contributed by atoms with van der Waals surface area (Å²) in [6.07, 6.45) is 4.38. The minimum absolute atomic E-state index is 0.257. The predicted octanol–water partition coefficient (Wildman–Crippen LogP) is 2.57. The lowest BCUT2D eigenvalue weighted by Crippen LogP contribution is -2.35. The van der Waals surface area contributed by atoms with E-state index in [-0.39, 0.29) is 4.90 Å². The molecule has 1 fully saturated rings. The molecule has 0 spiro atoms. The second kappa shape index (κ2) is 6.61. The summed E-state index contributed by atoms with van der Waals surface area (Å²) in [4.78, 5) is 8.75. The maximum Gasteiger partial charge on any atom is 0.244 e. The molecule has 0 atom stereocenters. The Labute approximate surface area is 138 Å². The minimum Gasteiger partial charge on any atom is -0.248 e. The van der Waals surface area contributed by atoms with Crippen molar-refractivity contribution in [2.24, 2.45) is 0 Å². The van der Waals surface area contributed by atoms with Crippen molar-refractivity contribution < 1.29 is 8.42 Å². The average Bonchev–Trinajstić information content (AvgIpc) is 2.94. The molecule has 0 bridgehead atoms. The molecular formula is C13H16N4O2S3. The second-order valence-electron chi connectivity index (χ2n) is 5.01. The molecule has 118 valence electrons. The minimum atomic E-state index is -3.41. The summed E-state index contributed by atoms with van der Waals surface area (Å²) in [5, 5.41) is 0.716. The summed E-state index contributed by atoms with van der Waals surface area (Å²) in [6, 6.07) is 3.34. The van der Waals surface area contributed by atoms with Gasteiger partial charge in [0.25, 0.3) is 0 Å². The van der Waals surface area contributed by atoms with Crippen LogP contribution in [0.25, 0.3) is 0 Å². The fraction of sp³-hybridized carbons (Fsp3) is 0.462. The van der Waals surface area contributed by atoms with Gasteiger partial charge >= 0.3 is 0 Å². The first-order valence-electron chi connectivity index (χ1n) is 7.00. The molecule has 0 saturated carbocycles. The summed E-state index contributed by atoms with van der Waals surface area (Å²) in [6.45, 7) is 3.04. The number of hydrogen-bond donors (Lipinski definition) is 0. The van der Waals surface area contributed by atoms with Crippen LogP contribution in [0.5, 0.6) is 0 Å². The number of nitrogens with zero attached hydrogens (tertiary/aromatic N) is 4. The molecule has 22 heavy (non-hydrogen) atoms. The van der Waals surface area contributed by atoms with E-state index >= 15 is 0 Å². The number of hydrogen-bond acceptors (Lipinski definition) is 7. The van der Waals surface area contributed by atoms with E-state index in [0.717, 1.165) is 29.4 Å². The lowest BCUT2D eigenvalue weighted by molar-refractivity contribution is 0.346. The third kappa shape index (κ3) is 3.48. The monoisotopic (exact) mass is 356 g/mol. The zero-order chi connectivity index (χ0) is 15.6. The van der Waals surface area contributed by atoms with E-state index < -0.39 is 10.0 Å². The molecule has 1 aliphatic heterocycles. The van der Waals surface area contributed by atoms with Gasteiger partial charge in [-0.05, 0) is 55.2 Å². The normalized spacial score (nSPS) is 16.8. The highest BCUT2D eigenvalue weighted by atomic mass is 32.2. The average molecular weight is 356 g/mol. The molecule has 3 rings (SSSR count). The summed E-state index contributed by atoms with van der Waals surface area (Å²) in [5.41, 5.74) is 0. The van der Waals surface area contributed by atoms with Crippen LogP contribution in [0.3, 0.4) is 0 Å². The quantitative estimate of drug-likeness (QED) is 0.838. The number of sulfonamides is 1. The van der Waals surface area contributed by atoms with Crippen LogP contribution in [0.2, 0.25) is 0 Å². The van der Waals surface area contributed by atoms with Crippen LogP contribution >= 0.6 is 23.3 Å². The highest BCUT2D eigenvalue weighted by Crippen LogP contribution is 2.28. The zero-order valence-corrected chi connectivity index (χ0v) is 14.5. The largest absolute Gasteiger partial charge is 0.248 e. The number of aryl methyl sites for hydroxylation is 1. The van der Waals surface area contributed by atoms with E-state index in [2.05, 4.69) is 14.3 Å². The van der Waals surface area contributed by atoms with Gasteiger partial charge in [0.15, 0.2) is 4.34 Å². The molecule has 0 N–H and O–H groups in total. The number of aromatic nitrogens is 3. The number of rotatable bonds is 4. The molecular weight excluding hydrogens is 340 g/mol. The summed E-state index contributed by atoms with van der Waals surface area (Å²) in [5.74, 6) is 0.733. The van der Waals surface area contributed by atoms with Gasteiger partial charge < -0.3 is 0 Å². The van der Waals surface area contributed by atoms with Gasteiger partial charge in [0.2, 0.25) is 10.0 Å². The molecule has 9 heteroatoms. The molecule has 1 aliphatic rings. The van der Waals surface area contributed by atoms with E-state index in [1.165, 1.54) is 29.5 Å². The highest BCUT2D eigenvalue weighted by Gasteiger charge is 2.26. The molecule has 0 aliphatic carbocycles. The van der Waals surface area contributed by atoms with Gasteiger partial charge in [0.05, 0.1) is 0 Å². The molecule has 6 nitrogen and oxygen atoms in total. The molecule has 1 saturated heterocycles. The van der Waals surface area contributed by atoms with E-state index in [4.69, 9.17) is 0 Å². The van der Waals surface area contributed by atoms with E-state index in [1.54, 1.807) is 16.4 Å². The molecule has 2 aromatic rings. The third-order valence-electron chi connectivity index (χ3n) is 3.36. The van der Waals surface area contributed by atoms with E-state index in [9.17, 15) is 8.42 Å². The smallest absolute Gasteiger partial charge is 0.244 e. The summed E-state index contributed by atoms with van der Waals surface area (Å²) < 4.78 is 31.5. The van der Waals surface area contributed by atoms with Gasteiger partial charge in [-0.3, -0.25) is 0 Å². The maximum atomic E-state index is 12.5. The predicted molar refractivity (Wildman–Crippen MR) is 85.6 cm³/mol. The number of piperidine rings is 1.